The summed E-state index contributed by atoms with van der Waals surface area (Å²) in [6.45, 7) is 2.45. The van der Waals surface area contributed by atoms with Crippen LogP contribution in [-0.4, -0.2) is 12.6 Å². The van der Waals surface area contributed by atoms with E-state index in [1.807, 2.05) is 6.92 Å². The van der Waals surface area contributed by atoms with Crippen LogP contribution in [0.3, 0.4) is 0 Å². The molecule has 0 bridgehead atoms. The van der Waals surface area contributed by atoms with Gasteiger partial charge in [-0.2, -0.15) is 0 Å². The van der Waals surface area contributed by atoms with Crippen molar-refractivity contribution in [1.29, 1.82) is 0 Å². The standard InChI is InChI=1S/C11H16N2O2/c1-2-3-7-15-11(14)8-5-4-6-9(12)10(8)13/h4-6H,2-3,7,12-13H2,1H3. The van der Waals surface area contributed by atoms with Crippen LogP contribution in [0.5, 0.6) is 0 Å². The first-order chi connectivity index (χ1) is 7.16. The molecule has 15 heavy (non-hydrogen) atoms. The summed E-state index contributed by atoms with van der Waals surface area (Å²) >= 11 is 0. The topological polar surface area (TPSA) is 78.3 Å². The minimum Gasteiger partial charge on any atom is -0.462 e. The first kappa shape index (κ1) is 11.4. The van der Waals surface area contributed by atoms with Crippen molar-refractivity contribution in [2.24, 2.45) is 0 Å². The molecule has 82 valence electrons. The van der Waals surface area contributed by atoms with E-state index >= 15 is 0 Å². The maximum atomic E-state index is 11.5. The summed E-state index contributed by atoms with van der Waals surface area (Å²) in [4.78, 5) is 11.5. The molecule has 0 aromatic heterocycles. The molecule has 4 N–H and O–H groups in total. The van der Waals surface area contributed by atoms with Crippen LogP contribution in [0.25, 0.3) is 0 Å². The molecule has 0 amide bonds. The SMILES string of the molecule is CCCCOC(=O)c1cccc(N)c1N. The van der Waals surface area contributed by atoms with Crippen molar-refractivity contribution in [2.75, 3.05) is 18.1 Å². The fourth-order valence-corrected chi connectivity index (χ4v) is 1.15. The Morgan fingerprint density at radius 3 is 2.80 bits per heavy atom. The second-order valence-electron chi connectivity index (χ2n) is 3.30. The van der Waals surface area contributed by atoms with E-state index in [2.05, 4.69) is 0 Å². The number of rotatable bonds is 4. The molecule has 0 fully saturated rings. The van der Waals surface area contributed by atoms with Crippen LogP contribution in [0.2, 0.25) is 0 Å². The van der Waals surface area contributed by atoms with Gasteiger partial charge in [0.15, 0.2) is 0 Å². The van der Waals surface area contributed by atoms with Gasteiger partial charge in [-0.05, 0) is 18.6 Å². The summed E-state index contributed by atoms with van der Waals surface area (Å²) in [6, 6.07) is 4.94. The molecule has 4 nitrogen and oxygen atoms in total. The number of hydrogen-bond donors (Lipinski definition) is 2. The van der Waals surface area contributed by atoms with Gasteiger partial charge in [0.05, 0.1) is 23.5 Å². The average Bonchev–Trinajstić information content (AvgIpc) is 2.22. The molecule has 0 radical (unpaired) electrons. The molecule has 0 unspecified atom stereocenters. The lowest BCUT2D eigenvalue weighted by molar-refractivity contribution is 0.0501. The number of benzene rings is 1. The van der Waals surface area contributed by atoms with Gasteiger partial charge < -0.3 is 16.2 Å². The summed E-state index contributed by atoms with van der Waals surface area (Å²) in [6.07, 6.45) is 1.84. The summed E-state index contributed by atoms with van der Waals surface area (Å²) in [7, 11) is 0. The van der Waals surface area contributed by atoms with E-state index in [0.717, 1.165) is 12.8 Å². The van der Waals surface area contributed by atoms with Crippen LogP contribution in [0, 0.1) is 0 Å². The second-order valence-corrected chi connectivity index (χ2v) is 3.30. The molecule has 4 heteroatoms. The number of ether oxygens (including phenoxy) is 1. The highest BCUT2D eigenvalue weighted by molar-refractivity contribution is 5.97. The molecule has 0 saturated carbocycles. The minimum atomic E-state index is -0.409. The third-order valence-electron chi connectivity index (χ3n) is 2.09. The van der Waals surface area contributed by atoms with Crippen LogP contribution in [0.1, 0.15) is 30.1 Å². The monoisotopic (exact) mass is 208 g/mol. The lowest BCUT2D eigenvalue weighted by atomic mass is 10.1. The number of nitrogens with two attached hydrogens (primary N) is 2. The number of carbonyl (C=O) groups excluding carboxylic acids is 1. The number of esters is 1. The molecular weight excluding hydrogens is 192 g/mol. The highest BCUT2D eigenvalue weighted by Gasteiger charge is 2.11. The van der Waals surface area contributed by atoms with Gasteiger partial charge in [-0.1, -0.05) is 19.4 Å². The Morgan fingerprint density at radius 1 is 1.40 bits per heavy atom. The Labute approximate surface area is 89.2 Å². The largest absolute Gasteiger partial charge is 0.462 e. The first-order valence-corrected chi connectivity index (χ1v) is 4.98. The smallest absolute Gasteiger partial charge is 0.340 e. The van der Waals surface area contributed by atoms with Crippen molar-refractivity contribution < 1.29 is 9.53 Å². The summed E-state index contributed by atoms with van der Waals surface area (Å²) in [5.74, 6) is -0.409. The van der Waals surface area contributed by atoms with Crippen LogP contribution in [-0.2, 0) is 4.74 Å². The molecule has 0 spiro atoms. The molecule has 1 aromatic carbocycles. The zero-order valence-corrected chi connectivity index (χ0v) is 8.82. The van der Waals surface area contributed by atoms with Gasteiger partial charge in [0.25, 0.3) is 0 Å². The molecule has 0 aliphatic carbocycles. The highest BCUT2D eigenvalue weighted by Crippen LogP contribution is 2.20. The van der Waals surface area contributed by atoms with Crippen molar-refractivity contribution in [2.45, 2.75) is 19.8 Å². The average molecular weight is 208 g/mol. The van der Waals surface area contributed by atoms with Crippen molar-refractivity contribution in [1.82, 2.24) is 0 Å². The molecule has 0 heterocycles. The summed E-state index contributed by atoms with van der Waals surface area (Å²) in [5.41, 5.74) is 12.3. The molecular formula is C11H16N2O2. The zero-order chi connectivity index (χ0) is 11.3. The third kappa shape index (κ3) is 2.87. The third-order valence-corrected chi connectivity index (χ3v) is 2.09. The highest BCUT2D eigenvalue weighted by atomic mass is 16.5. The van der Waals surface area contributed by atoms with Gasteiger partial charge in [0.2, 0.25) is 0 Å². The van der Waals surface area contributed by atoms with Gasteiger partial charge in [0.1, 0.15) is 0 Å². The summed E-state index contributed by atoms with van der Waals surface area (Å²) < 4.78 is 5.03. The molecule has 0 atom stereocenters. The van der Waals surface area contributed by atoms with Crippen LogP contribution in [0.15, 0.2) is 18.2 Å². The van der Waals surface area contributed by atoms with Gasteiger partial charge >= 0.3 is 5.97 Å². The molecule has 0 aliphatic heterocycles. The number of carbonyl (C=O) groups is 1. The Morgan fingerprint density at radius 2 is 2.13 bits per heavy atom. The molecule has 0 aliphatic rings. The Hall–Kier alpha value is -1.71. The van der Waals surface area contributed by atoms with Crippen molar-refractivity contribution >= 4 is 17.3 Å². The van der Waals surface area contributed by atoms with Crippen LogP contribution in [0.4, 0.5) is 11.4 Å². The summed E-state index contributed by atoms with van der Waals surface area (Å²) in [5, 5.41) is 0. The predicted molar refractivity (Wildman–Crippen MR) is 60.5 cm³/mol. The van der Waals surface area contributed by atoms with E-state index in [1.54, 1.807) is 18.2 Å². The van der Waals surface area contributed by atoms with E-state index in [1.165, 1.54) is 0 Å². The van der Waals surface area contributed by atoms with Gasteiger partial charge in [-0.3, -0.25) is 0 Å². The molecule has 1 rings (SSSR count). The van der Waals surface area contributed by atoms with Crippen LogP contribution >= 0.6 is 0 Å². The maximum absolute atomic E-state index is 11.5. The fourth-order valence-electron chi connectivity index (χ4n) is 1.15. The van der Waals surface area contributed by atoms with E-state index in [9.17, 15) is 4.79 Å². The van der Waals surface area contributed by atoms with E-state index in [-0.39, 0.29) is 0 Å². The van der Waals surface area contributed by atoms with E-state index in [0.29, 0.717) is 23.5 Å². The zero-order valence-electron chi connectivity index (χ0n) is 8.82. The van der Waals surface area contributed by atoms with Crippen LogP contribution < -0.4 is 11.5 Å². The maximum Gasteiger partial charge on any atom is 0.340 e. The Bertz CT molecular complexity index is 350. The van der Waals surface area contributed by atoms with Gasteiger partial charge in [-0.15, -0.1) is 0 Å². The lowest BCUT2D eigenvalue weighted by Gasteiger charge is -2.07. The second kappa shape index (κ2) is 5.24. The van der Waals surface area contributed by atoms with Crippen molar-refractivity contribution in [3.05, 3.63) is 23.8 Å². The number of nitrogen functional groups attached to an aromatic ring is 2. The normalized spacial score (nSPS) is 9.93. The minimum absolute atomic E-state index is 0.291. The lowest BCUT2D eigenvalue weighted by Crippen LogP contribution is -2.10. The predicted octanol–water partition coefficient (Wildman–Crippen LogP) is 1.81. The van der Waals surface area contributed by atoms with Gasteiger partial charge in [0, 0.05) is 0 Å². The van der Waals surface area contributed by atoms with Crippen molar-refractivity contribution in [3.63, 3.8) is 0 Å². The van der Waals surface area contributed by atoms with E-state index < -0.39 is 5.97 Å². The Balaban J connectivity index is 2.69. The number of anilines is 2. The molecule has 1 aromatic rings. The first-order valence-electron chi connectivity index (χ1n) is 4.98. The number of para-hydroxylation sites is 1. The fraction of sp³-hybridized carbons (Fsp3) is 0.364. The molecule has 0 saturated heterocycles. The number of unbranched alkanes of at least 4 members (excludes halogenated alkanes) is 1. The quantitative estimate of drug-likeness (QED) is 0.449. The number of hydrogen-bond acceptors (Lipinski definition) is 4. The van der Waals surface area contributed by atoms with Gasteiger partial charge in [-0.25, -0.2) is 4.79 Å². The van der Waals surface area contributed by atoms with Crippen molar-refractivity contribution in [3.8, 4) is 0 Å². The Kier molecular flexibility index (Phi) is 3.97. The van der Waals surface area contributed by atoms with E-state index in [4.69, 9.17) is 16.2 Å².